The number of rotatable bonds is 5. The molecule has 0 aliphatic carbocycles. The molecular formula is C11H13N5O2. The van der Waals surface area contributed by atoms with Crippen molar-refractivity contribution in [1.82, 2.24) is 14.8 Å². The van der Waals surface area contributed by atoms with E-state index in [2.05, 4.69) is 15.4 Å². The van der Waals surface area contributed by atoms with Gasteiger partial charge in [-0.3, -0.25) is 14.8 Å². The fourth-order valence-corrected chi connectivity index (χ4v) is 1.59. The Kier molecular flexibility index (Phi) is 3.52. The van der Waals surface area contributed by atoms with E-state index >= 15 is 0 Å². The van der Waals surface area contributed by atoms with Crippen molar-refractivity contribution in [1.29, 1.82) is 0 Å². The molecule has 18 heavy (non-hydrogen) atoms. The Hall–Kier alpha value is -2.44. The van der Waals surface area contributed by atoms with Gasteiger partial charge < -0.3 is 5.32 Å². The van der Waals surface area contributed by atoms with E-state index in [4.69, 9.17) is 0 Å². The lowest BCUT2D eigenvalue weighted by atomic mass is 10.2. The van der Waals surface area contributed by atoms with Gasteiger partial charge in [-0.15, -0.1) is 0 Å². The Morgan fingerprint density at radius 3 is 2.89 bits per heavy atom. The van der Waals surface area contributed by atoms with Crippen LogP contribution in [0.2, 0.25) is 0 Å². The maximum Gasteiger partial charge on any atom is 0.292 e. The molecule has 0 saturated heterocycles. The van der Waals surface area contributed by atoms with Crippen LogP contribution < -0.4 is 5.32 Å². The molecule has 2 rings (SSSR count). The van der Waals surface area contributed by atoms with Crippen LogP contribution in [0.5, 0.6) is 0 Å². The van der Waals surface area contributed by atoms with Crippen LogP contribution in [0.3, 0.4) is 0 Å². The molecule has 1 aromatic heterocycles. The molecule has 0 radical (unpaired) electrons. The summed E-state index contributed by atoms with van der Waals surface area (Å²) >= 11 is 0. The summed E-state index contributed by atoms with van der Waals surface area (Å²) in [5, 5.41) is 17.9. The van der Waals surface area contributed by atoms with Gasteiger partial charge in [0.05, 0.1) is 4.92 Å². The van der Waals surface area contributed by atoms with E-state index in [1.807, 2.05) is 0 Å². The fraction of sp³-hybridized carbons (Fsp3) is 0.273. The Morgan fingerprint density at radius 1 is 1.44 bits per heavy atom. The highest BCUT2D eigenvalue weighted by molar-refractivity contribution is 5.61. The van der Waals surface area contributed by atoms with Gasteiger partial charge in [0, 0.05) is 26.1 Å². The van der Waals surface area contributed by atoms with E-state index in [1.165, 1.54) is 6.07 Å². The van der Waals surface area contributed by atoms with Crippen molar-refractivity contribution in [3.8, 4) is 0 Å². The van der Waals surface area contributed by atoms with E-state index in [-0.39, 0.29) is 5.69 Å². The first kappa shape index (κ1) is 12.0. The van der Waals surface area contributed by atoms with Gasteiger partial charge in [-0.1, -0.05) is 12.1 Å². The highest BCUT2D eigenvalue weighted by Gasteiger charge is 2.11. The summed E-state index contributed by atoms with van der Waals surface area (Å²) in [5.41, 5.74) is 0.588. The lowest BCUT2D eigenvalue weighted by molar-refractivity contribution is -0.384. The van der Waals surface area contributed by atoms with E-state index < -0.39 is 4.92 Å². The summed E-state index contributed by atoms with van der Waals surface area (Å²) in [5.74, 6) is 0.712. The Labute approximate surface area is 104 Å². The lowest BCUT2D eigenvalue weighted by Crippen LogP contribution is -2.08. The van der Waals surface area contributed by atoms with Gasteiger partial charge >= 0.3 is 0 Å². The summed E-state index contributed by atoms with van der Waals surface area (Å²) in [6.07, 6.45) is 2.24. The van der Waals surface area contributed by atoms with E-state index in [0.29, 0.717) is 24.5 Å². The molecule has 0 amide bonds. The molecule has 0 aliphatic rings. The largest absolute Gasteiger partial charge is 0.379 e. The first-order chi connectivity index (χ1) is 8.66. The van der Waals surface area contributed by atoms with Crippen molar-refractivity contribution < 1.29 is 4.92 Å². The topological polar surface area (TPSA) is 85.9 Å². The molecule has 0 aliphatic heterocycles. The molecule has 0 unspecified atom stereocenters. The minimum atomic E-state index is -0.401. The minimum absolute atomic E-state index is 0.0754. The average molecular weight is 247 g/mol. The van der Waals surface area contributed by atoms with Crippen molar-refractivity contribution in [2.45, 2.75) is 6.42 Å². The molecule has 94 valence electrons. The number of nitro groups is 1. The van der Waals surface area contributed by atoms with E-state index in [0.717, 1.165) is 0 Å². The van der Waals surface area contributed by atoms with Crippen LogP contribution in [0.25, 0.3) is 0 Å². The van der Waals surface area contributed by atoms with Crippen LogP contribution in [0.1, 0.15) is 5.82 Å². The smallest absolute Gasteiger partial charge is 0.292 e. The molecule has 0 fully saturated rings. The Morgan fingerprint density at radius 2 is 2.22 bits per heavy atom. The number of para-hydroxylation sites is 2. The third-order valence-corrected chi connectivity index (χ3v) is 2.41. The van der Waals surface area contributed by atoms with Gasteiger partial charge in [0.2, 0.25) is 0 Å². The summed E-state index contributed by atoms with van der Waals surface area (Å²) in [7, 11) is 1.80. The Bertz CT molecular complexity index is 552. The van der Waals surface area contributed by atoms with Gasteiger partial charge in [0.1, 0.15) is 12.0 Å². The second-order valence-corrected chi connectivity index (χ2v) is 3.79. The molecule has 0 saturated carbocycles. The first-order valence-electron chi connectivity index (χ1n) is 5.48. The summed E-state index contributed by atoms with van der Waals surface area (Å²) in [6, 6.07) is 6.56. The van der Waals surface area contributed by atoms with Crippen LogP contribution in [0, 0.1) is 10.1 Å². The number of nitrogens with zero attached hydrogens (tertiary/aromatic N) is 4. The second-order valence-electron chi connectivity index (χ2n) is 3.79. The van der Waals surface area contributed by atoms with Gasteiger partial charge in [-0.2, -0.15) is 5.10 Å². The molecule has 1 heterocycles. The SMILES string of the molecule is Cn1cnc(CCNc2ccccc2[N+](=O)[O-])n1. The van der Waals surface area contributed by atoms with Crippen molar-refractivity contribution in [2.75, 3.05) is 11.9 Å². The number of aromatic nitrogens is 3. The van der Waals surface area contributed by atoms with Crippen LogP contribution in [0.4, 0.5) is 11.4 Å². The van der Waals surface area contributed by atoms with Crippen LogP contribution >= 0.6 is 0 Å². The maximum atomic E-state index is 10.8. The molecule has 0 bridgehead atoms. The Balaban J connectivity index is 1.96. The number of hydrogen-bond donors (Lipinski definition) is 1. The minimum Gasteiger partial charge on any atom is -0.379 e. The van der Waals surface area contributed by atoms with Crippen LogP contribution in [0.15, 0.2) is 30.6 Å². The fourth-order valence-electron chi connectivity index (χ4n) is 1.59. The summed E-state index contributed by atoms with van der Waals surface area (Å²) in [6.45, 7) is 0.550. The standard InChI is InChI=1S/C11H13N5O2/c1-15-8-13-11(14-15)6-7-12-9-4-2-3-5-10(9)16(17)18/h2-5,8,12H,6-7H2,1H3. The number of nitrogens with one attached hydrogen (secondary N) is 1. The van der Waals surface area contributed by atoms with Gasteiger partial charge in [-0.05, 0) is 6.07 Å². The van der Waals surface area contributed by atoms with Crippen molar-refractivity contribution in [3.63, 3.8) is 0 Å². The predicted octanol–water partition coefficient (Wildman–Crippen LogP) is 1.38. The average Bonchev–Trinajstić information content (AvgIpc) is 2.75. The summed E-state index contributed by atoms with van der Waals surface area (Å²) in [4.78, 5) is 14.5. The highest BCUT2D eigenvalue weighted by atomic mass is 16.6. The first-order valence-corrected chi connectivity index (χ1v) is 5.48. The lowest BCUT2D eigenvalue weighted by Gasteiger charge is -2.05. The van der Waals surface area contributed by atoms with Crippen molar-refractivity contribution >= 4 is 11.4 Å². The number of nitro benzene ring substituents is 1. The molecule has 1 N–H and O–H groups in total. The number of hydrogen-bond acceptors (Lipinski definition) is 5. The van der Waals surface area contributed by atoms with Crippen LogP contribution in [-0.4, -0.2) is 26.2 Å². The zero-order valence-electron chi connectivity index (χ0n) is 9.91. The summed E-state index contributed by atoms with van der Waals surface area (Å²) < 4.78 is 1.63. The van der Waals surface area contributed by atoms with E-state index in [9.17, 15) is 10.1 Å². The molecule has 0 atom stereocenters. The molecule has 7 heteroatoms. The zero-order valence-corrected chi connectivity index (χ0v) is 9.91. The number of aryl methyl sites for hydroxylation is 1. The number of anilines is 1. The number of benzene rings is 1. The van der Waals surface area contributed by atoms with Gasteiger partial charge in [0.25, 0.3) is 5.69 Å². The maximum absolute atomic E-state index is 10.8. The van der Waals surface area contributed by atoms with Gasteiger partial charge in [-0.25, -0.2) is 4.98 Å². The molecule has 7 nitrogen and oxygen atoms in total. The molecule has 2 aromatic rings. The third kappa shape index (κ3) is 2.82. The van der Waals surface area contributed by atoms with E-state index in [1.54, 1.807) is 36.3 Å². The molecule has 0 spiro atoms. The van der Waals surface area contributed by atoms with Crippen molar-refractivity contribution in [2.24, 2.45) is 7.05 Å². The molecule has 1 aromatic carbocycles. The second kappa shape index (κ2) is 5.26. The normalized spacial score (nSPS) is 10.3. The zero-order chi connectivity index (χ0) is 13.0. The van der Waals surface area contributed by atoms with Crippen LogP contribution in [-0.2, 0) is 13.5 Å². The predicted molar refractivity (Wildman–Crippen MR) is 66.3 cm³/mol. The monoisotopic (exact) mass is 247 g/mol. The quantitative estimate of drug-likeness (QED) is 0.637. The van der Waals surface area contributed by atoms with Crippen molar-refractivity contribution in [3.05, 3.63) is 46.5 Å². The third-order valence-electron chi connectivity index (χ3n) is 2.41. The molecular weight excluding hydrogens is 234 g/mol. The van der Waals surface area contributed by atoms with Gasteiger partial charge in [0.15, 0.2) is 5.82 Å². The highest BCUT2D eigenvalue weighted by Crippen LogP contribution is 2.22.